The average molecular weight is 307 g/mol. The Balaban J connectivity index is 1.84. The fraction of sp³-hybridized carbons (Fsp3) is 0.316. The molecule has 0 saturated carbocycles. The van der Waals surface area contributed by atoms with E-state index in [9.17, 15) is 0 Å². The van der Waals surface area contributed by atoms with Crippen molar-refractivity contribution in [1.29, 1.82) is 0 Å². The molecule has 3 aromatic rings. The van der Waals surface area contributed by atoms with Crippen molar-refractivity contribution < 1.29 is 4.74 Å². The van der Waals surface area contributed by atoms with E-state index in [0.29, 0.717) is 0 Å². The van der Waals surface area contributed by atoms with Crippen LogP contribution in [0.2, 0.25) is 0 Å². The molecule has 4 rings (SSSR count). The normalized spacial score (nSPS) is 16.0. The highest BCUT2D eigenvalue weighted by Gasteiger charge is 2.18. The lowest BCUT2D eigenvalue weighted by molar-refractivity contribution is 0.0243. The Morgan fingerprint density at radius 1 is 1.00 bits per heavy atom. The van der Waals surface area contributed by atoms with Gasteiger partial charge in [0.2, 0.25) is 0 Å². The lowest BCUT2D eigenvalue weighted by atomic mass is 10.2. The van der Waals surface area contributed by atoms with Crippen LogP contribution in [0.15, 0.2) is 48.5 Å². The SMILES string of the molecule is Cc1cccc2nc(-c3ccccc3)n(CN3CCOCC3)c12. The molecular formula is C19H21N3O. The first kappa shape index (κ1) is 14.4. The van der Waals surface area contributed by atoms with Crippen LogP contribution in [0.3, 0.4) is 0 Å². The van der Waals surface area contributed by atoms with E-state index in [0.717, 1.165) is 49.9 Å². The molecule has 0 spiro atoms. The molecule has 1 saturated heterocycles. The Morgan fingerprint density at radius 2 is 1.78 bits per heavy atom. The van der Waals surface area contributed by atoms with Gasteiger partial charge in [0, 0.05) is 18.7 Å². The summed E-state index contributed by atoms with van der Waals surface area (Å²) >= 11 is 0. The van der Waals surface area contributed by atoms with Crippen LogP contribution in [0.25, 0.3) is 22.4 Å². The summed E-state index contributed by atoms with van der Waals surface area (Å²) in [7, 11) is 0. The van der Waals surface area contributed by atoms with Gasteiger partial charge in [-0.25, -0.2) is 4.98 Å². The maximum Gasteiger partial charge on any atom is 0.142 e. The molecule has 0 atom stereocenters. The number of ether oxygens (including phenoxy) is 1. The standard InChI is InChI=1S/C19H21N3O/c1-15-6-5-9-17-18(15)22(14-21-10-12-23-13-11-21)19(20-17)16-7-3-2-4-8-16/h2-9H,10-14H2,1H3. The number of hydrogen-bond acceptors (Lipinski definition) is 3. The number of imidazole rings is 1. The van der Waals surface area contributed by atoms with Crippen LogP contribution in [0.1, 0.15) is 5.56 Å². The van der Waals surface area contributed by atoms with Crippen molar-refractivity contribution in [2.75, 3.05) is 26.3 Å². The quantitative estimate of drug-likeness (QED) is 0.744. The summed E-state index contributed by atoms with van der Waals surface area (Å²) in [6.45, 7) is 6.58. The number of para-hydroxylation sites is 1. The number of aryl methyl sites for hydroxylation is 1. The number of aromatic nitrogens is 2. The molecule has 0 aliphatic carbocycles. The van der Waals surface area contributed by atoms with Crippen molar-refractivity contribution in [3.8, 4) is 11.4 Å². The van der Waals surface area contributed by atoms with Crippen molar-refractivity contribution >= 4 is 11.0 Å². The molecular weight excluding hydrogens is 286 g/mol. The molecule has 0 N–H and O–H groups in total. The van der Waals surface area contributed by atoms with Gasteiger partial charge >= 0.3 is 0 Å². The van der Waals surface area contributed by atoms with E-state index in [1.165, 1.54) is 11.1 Å². The highest BCUT2D eigenvalue weighted by atomic mass is 16.5. The Morgan fingerprint density at radius 3 is 2.57 bits per heavy atom. The van der Waals surface area contributed by atoms with Gasteiger partial charge in [-0.3, -0.25) is 4.90 Å². The molecule has 0 bridgehead atoms. The first-order chi connectivity index (χ1) is 11.3. The van der Waals surface area contributed by atoms with E-state index in [1.54, 1.807) is 0 Å². The van der Waals surface area contributed by atoms with Gasteiger partial charge in [-0.1, -0.05) is 42.5 Å². The molecule has 0 amide bonds. The van der Waals surface area contributed by atoms with Crippen molar-refractivity contribution in [3.05, 3.63) is 54.1 Å². The van der Waals surface area contributed by atoms with Crippen LogP contribution < -0.4 is 0 Å². The minimum Gasteiger partial charge on any atom is -0.379 e. The largest absolute Gasteiger partial charge is 0.379 e. The molecule has 4 heteroatoms. The minimum atomic E-state index is 0.812. The average Bonchev–Trinajstić information content (AvgIpc) is 2.96. The lowest BCUT2D eigenvalue weighted by Crippen LogP contribution is -2.37. The number of hydrogen-bond donors (Lipinski definition) is 0. The van der Waals surface area contributed by atoms with E-state index in [4.69, 9.17) is 9.72 Å². The van der Waals surface area contributed by atoms with Crippen molar-refractivity contribution in [1.82, 2.24) is 14.5 Å². The van der Waals surface area contributed by atoms with E-state index in [-0.39, 0.29) is 0 Å². The summed E-state index contributed by atoms with van der Waals surface area (Å²) in [4.78, 5) is 7.35. The summed E-state index contributed by atoms with van der Waals surface area (Å²) in [6, 6.07) is 16.8. The van der Waals surface area contributed by atoms with Crippen LogP contribution in [0.5, 0.6) is 0 Å². The van der Waals surface area contributed by atoms with Crippen molar-refractivity contribution in [3.63, 3.8) is 0 Å². The molecule has 1 aliphatic heterocycles. The van der Waals surface area contributed by atoms with Gasteiger partial charge in [-0.05, 0) is 18.6 Å². The molecule has 1 fully saturated rings. The first-order valence-corrected chi connectivity index (χ1v) is 8.14. The van der Waals surface area contributed by atoms with E-state index in [2.05, 4.69) is 58.9 Å². The molecule has 0 unspecified atom stereocenters. The number of rotatable bonds is 3. The van der Waals surface area contributed by atoms with Gasteiger partial charge < -0.3 is 9.30 Å². The number of fused-ring (bicyclic) bond motifs is 1. The van der Waals surface area contributed by atoms with Gasteiger partial charge in [0.25, 0.3) is 0 Å². The van der Waals surface area contributed by atoms with Crippen LogP contribution >= 0.6 is 0 Å². The Labute approximate surface area is 136 Å². The topological polar surface area (TPSA) is 30.3 Å². The zero-order valence-electron chi connectivity index (χ0n) is 13.4. The molecule has 1 aliphatic rings. The second-order valence-corrected chi connectivity index (χ2v) is 6.04. The Hall–Kier alpha value is -2.17. The molecule has 2 heterocycles. The van der Waals surface area contributed by atoms with E-state index < -0.39 is 0 Å². The van der Waals surface area contributed by atoms with Crippen LogP contribution in [-0.4, -0.2) is 40.8 Å². The zero-order chi connectivity index (χ0) is 15.6. The molecule has 0 radical (unpaired) electrons. The lowest BCUT2D eigenvalue weighted by Gasteiger charge is -2.28. The third-order valence-corrected chi connectivity index (χ3v) is 4.45. The predicted molar refractivity (Wildman–Crippen MR) is 92.3 cm³/mol. The molecule has 1 aromatic heterocycles. The third kappa shape index (κ3) is 2.76. The van der Waals surface area contributed by atoms with Crippen molar-refractivity contribution in [2.24, 2.45) is 0 Å². The fourth-order valence-electron chi connectivity index (χ4n) is 3.25. The number of nitrogens with zero attached hydrogens (tertiary/aromatic N) is 3. The predicted octanol–water partition coefficient (Wildman–Crippen LogP) is 3.30. The highest BCUT2D eigenvalue weighted by molar-refractivity contribution is 5.83. The van der Waals surface area contributed by atoms with Crippen molar-refractivity contribution in [2.45, 2.75) is 13.6 Å². The Bertz CT molecular complexity index is 804. The smallest absolute Gasteiger partial charge is 0.142 e. The minimum absolute atomic E-state index is 0.812. The van der Waals surface area contributed by atoms with Gasteiger partial charge in [0.15, 0.2) is 0 Å². The van der Waals surface area contributed by atoms with E-state index >= 15 is 0 Å². The molecule has 4 nitrogen and oxygen atoms in total. The van der Waals surface area contributed by atoms with Gasteiger partial charge in [-0.15, -0.1) is 0 Å². The summed E-state index contributed by atoms with van der Waals surface area (Å²) in [5.41, 5.74) is 4.73. The second kappa shape index (κ2) is 6.14. The first-order valence-electron chi connectivity index (χ1n) is 8.14. The summed E-state index contributed by atoms with van der Waals surface area (Å²) in [6.07, 6.45) is 0. The maximum absolute atomic E-state index is 5.48. The monoisotopic (exact) mass is 307 g/mol. The Kier molecular flexibility index (Phi) is 3.85. The number of benzene rings is 2. The number of morpholine rings is 1. The molecule has 2 aromatic carbocycles. The molecule has 118 valence electrons. The molecule has 23 heavy (non-hydrogen) atoms. The van der Waals surface area contributed by atoms with Crippen LogP contribution in [-0.2, 0) is 11.4 Å². The van der Waals surface area contributed by atoms with E-state index in [1.807, 2.05) is 6.07 Å². The summed E-state index contributed by atoms with van der Waals surface area (Å²) in [5, 5.41) is 0. The maximum atomic E-state index is 5.48. The summed E-state index contributed by atoms with van der Waals surface area (Å²) in [5.74, 6) is 1.04. The van der Waals surface area contributed by atoms with Crippen LogP contribution in [0, 0.1) is 6.92 Å². The fourth-order valence-corrected chi connectivity index (χ4v) is 3.25. The van der Waals surface area contributed by atoms with Gasteiger partial charge in [-0.2, -0.15) is 0 Å². The highest BCUT2D eigenvalue weighted by Crippen LogP contribution is 2.27. The summed E-state index contributed by atoms with van der Waals surface area (Å²) < 4.78 is 7.83. The second-order valence-electron chi connectivity index (χ2n) is 6.04. The third-order valence-electron chi connectivity index (χ3n) is 4.45. The van der Waals surface area contributed by atoms with Crippen LogP contribution in [0.4, 0.5) is 0 Å². The van der Waals surface area contributed by atoms with Gasteiger partial charge in [0.05, 0.1) is 30.9 Å². The van der Waals surface area contributed by atoms with Gasteiger partial charge in [0.1, 0.15) is 5.82 Å². The zero-order valence-corrected chi connectivity index (χ0v) is 13.4.